The van der Waals surface area contributed by atoms with Gasteiger partial charge in [0.2, 0.25) is 0 Å². The Hall–Kier alpha value is -1.04. The average Bonchev–Trinajstić information content (AvgIpc) is 2.39. The highest BCUT2D eigenvalue weighted by atomic mass is 32.1. The van der Waals surface area contributed by atoms with E-state index in [0.717, 1.165) is 19.4 Å². The first kappa shape index (κ1) is 16.0. The molecule has 0 heterocycles. The summed E-state index contributed by atoms with van der Waals surface area (Å²) >= 11 is 4.85. The van der Waals surface area contributed by atoms with Crippen LogP contribution in [0.25, 0.3) is 0 Å². The summed E-state index contributed by atoms with van der Waals surface area (Å²) in [6, 6.07) is 4.54. The third kappa shape index (κ3) is 6.09. The SMILES string of the molecule is CCCCOCCOCc1cc(C(N)=S)ccc1F. The van der Waals surface area contributed by atoms with E-state index in [0.29, 0.717) is 24.3 Å². The third-order valence-electron chi connectivity index (χ3n) is 2.60. The van der Waals surface area contributed by atoms with E-state index in [4.69, 9.17) is 27.4 Å². The molecule has 0 atom stereocenters. The maximum absolute atomic E-state index is 13.5. The molecule has 0 amide bonds. The van der Waals surface area contributed by atoms with Gasteiger partial charge in [0.05, 0.1) is 19.8 Å². The first-order valence-corrected chi connectivity index (χ1v) is 6.79. The second kappa shape index (κ2) is 8.96. The Labute approximate surface area is 118 Å². The summed E-state index contributed by atoms with van der Waals surface area (Å²) < 4.78 is 24.2. The fraction of sp³-hybridized carbons (Fsp3) is 0.500. The van der Waals surface area contributed by atoms with E-state index in [9.17, 15) is 4.39 Å². The Bertz CT molecular complexity index is 412. The van der Waals surface area contributed by atoms with Crippen LogP contribution in [0.5, 0.6) is 0 Å². The van der Waals surface area contributed by atoms with Crippen LogP contribution in [0.1, 0.15) is 30.9 Å². The summed E-state index contributed by atoms with van der Waals surface area (Å²) in [5.74, 6) is -0.313. The van der Waals surface area contributed by atoms with E-state index in [1.807, 2.05) is 0 Å². The van der Waals surface area contributed by atoms with Crippen LogP contribution in [0, 0.1) is 5.82 Å². The van der Waals surface area contributed by atoms with Crippen molar-refractivity contribution in [3.05, 3.63) is 35.1 Å². The van der Waals surface area contributed by atoms with Crippen LogP contribution in [0.3, 0.4) is 0 Å². The van der Waals surface area contributed by atoms with Crippen LogP contribution in [0.2, 0.25) is 0 Å². The van der Waals surface area contributed by atoms with Crippen molar-refractivity contribution in [2.75, 3.05) is 19.8 Å². The lowest BCUT2D eigenvalue weighted by Gasteiger charge is -2.08. The maximum atomic E-state index is 13.5. The van der Waals surface area contributed by atoms with Gasteiger partial charge in [-0.2, -0.15) is 0 Å². The zero-order chi connectivity index (χ0) is 14.1. The van der Waals surface area contributed by atoms with Gasteiger partial charge >= 0.3 is 0 Å². The van der Waals surface area contributed by atoms with E-state index < -0.39 is 0 Å². The van der Waals surface area contributed by atoms with Crippen LogP contribution < -0.4 is 5.73 Å². The van der Waals surface area contributed by atoms with Crippen molar-refractivity contribution < 1.29 is 13.9 Å². The Morgan fingerprint density at radius 2 is 2.00 bits per heavy atom. The van der Waals surface area contributed by atoms with Crippen LogP contribution in [0.4, 0.5) is 4.39 Å². The van der Waals surface area contributed by atoms with Crippen molar-refractivity contribution in [1.29, 1.82) is 0 Å². The monoisotopic (exact) mass is 285 g/mol. The summed E-state index contributed by atoms with van der Waals surface area (Å²) in [4.78, 5) is 0.254. The number of unbranched alkanes of at least 4 members (excludes halogenated alkanes) is 1. The van der Waals surface area contributed by atoms with Crippen molar-refractivity contribution in [3.8, 4) is 0 Å². The molecular weight excluding hydrogens is 265 g/mol. The summed E-state index contributed by atoms with van der Waals surface area (Å²) in [7, 11) is 0. The first-order chi connectivity index (χ1) is 9.15. The summed E-state index contributed by atoms with van der Waals surface area (Å²) in [5, 5.41) is 0. The number of ether oxygens (including phenoxy) is 2. The number of nitrogens with two attached hydrogens (primary N) is 1. The average molecular weight is 285 g/mol. The van der Waals surface area contributed by atoms with Gasteiger partial charge in [-0.1, -0.05) is 25.6 Å². The van der Waals surface area contributed by atoms with Crippen LogP contribution in [0.15, 0.2) is 18.2 Å². The Morgan fingerprint density at radius 1 is 1.26 bits per heavy atom. The van der Waals surface area contributed by atoms with Crippen molar-refractivity contribution in [3.63, 3.8) is 0 Å². The molecule has 0 aromatic heterocycles. The van der Waals surface area contributed by atoms with Crippen molar-refractivity contribution in [2.24, 2.45) is 5.73 Å². The number of rotatable bonds is 9. The van der Waals surface area contributed by atoms with Gasteiger partial charge < -0.3 is 15.2 Å². The minimum atomic E-state index is -0.313. The highest BCUT2D eigenvalue weighted by Gasteiger charge is 2.05. The normalized spacial score (nSPS) is 10.6. The van der Waals surface area contributed by atoms with Crippen LogP contribution in [-0.2, 0) is 16.1 Å². The fourth-order valence-corrected chi connectivity index (χ4v) is 1.61. The lowest BCUT2D eigenvalue weighted by atomic mass is 10.1. The Kier molecular flexibility index (Phi) is 7.55. The van der Waals surface area contributed by atoms with Crippen LogP contribution >= 0.6 is 12.2 Å². The molecule has 106 valence electrons. The van der Waals surface area contributed by atoms with E-state index in [1.165, 1.54) is 6.07 Å². The minimum Gasteiger partial charge on any atom is -0.389 e. The molecule has 0 aliphatic carbocycles. The third-order valence-corrected chi connectivity index (χ3v) is 2.84. The highest BCUT2D eigenvalue weighted by molar-refractivity contribution is 7.80. The first-order valence-electron chi connectivity index (χ1n) is 6.39. The van der Waals surface area contributed by atoms with Gasteiger partial charge in [-0.25, -0.2) is 4.39 Å². The Morgan fingerprint density at radius 3 is 2.68 bits per heavy atom. The number of halogens is 1. The zero-order valence-electron chi connectivity index (χ0n) is 11.2. The molecule has 1 rings (SSSR count). The molecule has 0 radical (unpaired) electrons. The van der Waals surface area contributed by atoms with Crippen molar-refractivity contribution in [2.45, 2.75) is 26.4 Å². The molecule has 3 nitrogen and oxygen atoms in total. The molecule has 0 fully saturated rings. The lowest BCUT2D eigenvalue weighted by molar-refractivity contribution is 0.0388. The highest BCUT2D eigenvalue weighted by Crippen LogP contribution is 2.12. The lowest BCUT2D eigenvalue weighted by Crippen LogP contribution is -2.11. The van der Waals surface area contributed by atoms with E-state index in [1.54, 1.807) is 12.1 Å². The largest absolute Gasteiger partial charge is 0.389 e. The van der Waals surface area contributed by atoms with E-state index in [-0.39, 0.29) is 17.4 Å². The molecule has 1 aromatic carbocycles. The van der Waals surface area contributed by atoms with E-state index in [2.05, 4.69) is 6.92 Å². The number of hydrogen-bond donors (Lipinski definition) is 1. The second-order valence-electron chi connectivity index (χ2n) is 4.19. The van der Waals surface area contributed by atoms with Gasteiger partial charge in [0, 0.05) is 17.7 Å². The van der Waals surface area contributed by atoms with E-state index >= 15 is 0 Å². The smallest absolute Gasteiger partial charge is 0.128 e. The fourth-order valence-electron chi connectivity index (χ4n) is 1.49. The van der Waals surface area contributed by atoms with Gasteiger partial charge in [-0.15, -0.1) is 0 Å². The predicted octanol–water partition coefficient (Wildman–Crippen LogP) is 2.79. The molecule has 2 N–H and O–H groups in total. The minimum absolute atomic E-state index is 0.194. The quantitative estimate of drug-likeness (QED) is 0.560. The predicted molar refractivity (Wildman–Crippen MR) is 77.7 cm³/mol. The molecule has 0 saturated carbocycles. The molecule has 0 saturated heterocycles. The number of thiocarbonyl (C=S) groups is 1. The molecule has 0 unspecified atom stereocenters. The molecule has 19 heavy (non-hydrogen) atoms. The summed E-state index contributed by atoms with van der Waals surface area (Å²) in [5.41, 5.74) is 6.61. The van der Waals surface area contributed by atoms with Gasteiger partial charge in [-0.05, 0) is 24.6 Å². The molecule has 5 heteroatoms. The second-order valence-corrected chi connectivity index (χ2v) is 4.63. The summed E-state index contributed by atoms with van der Waals surface area (Å²) in [6.07, 6.45) is 2.16. The zero-order valence-corrected chi connectivity index (χ0v) is 12.0. The topological polar surface area (TPSA) is 44.5 Å². The molecule has 0 aliphatic heterocycles. The summed E-state index contributed by atoms with van der Waals surface area (Å²) in [6.45, 7) is 4.01. The van der Waals surface area contributed by atoms with Gasteiger partial charge in [0.15, 0.2) is 0 Å². The van der Waals surface area contributed by atoms with Crippen molar-refractivity contribution in [1.82, 2.24) is 0 Å². The molecule has 0 bridgehead atoms. The standard InChI is InChI=1S/C14H20FNO2S/c1-2-3-6-17-7-8-18-10-12-9-11(14(16)19)4-5-13(12)15/h4-5,9H,2-3,6-8,10H2,1H3,(H2,16,19). The van der Waals surface area contributed by atoms with Gasteiger partial charge in [0.1, 0.15) is 10.8 Å². The molecule has 1 aromatic rings. The molecule has 0 spiro atoms. The van der Waals surface area contributed by atoms with Gasteiger partial charge in [-0.3, -0.25) is 0 Å². The molecular formula is C14H20FNO2S. The van der Waals surface area contributed by atoms with Crippen molar-refractivity contribution >= 4 is 17.2 Å². The van der Waals surface area contributed by atoms with Gasteiger partial charge in [0.25, 0.3) is 0 Å². The molecule has 0 aliphatic rings. The Balaban J connectivity index is 2.32. The van der Waals surface area contributed by atoms with Crippen LogP contribution in [-0.4, -0.2) is 24.8 Å². The number of benzene rings is 1. The maximum Gasteiger partial charge on any atom is 0.128 e. The number of hydrogen-bond acceptors (Lipinski definition) is 3.